The minimum atomic E-state index is -0.315. The van der Waals surface area contributed by atoms with Crippen LogP contribution in [-0.2, 0) is 0 Å². The largest absolute Gasteiger partial charge is 0.389 e. The van der Waals surface area contributed by atoms with Gasteiger partial charge in [0, 0.05) is 0 Å². The fourth-order valence-electron chi connectivity index (χ4n) is 2.32. The Morgan fingerprint density at radius 3 is 1.17 bits per heavy atom. The quantitative estimate of drug-likeness (QED) is 0.630. The van der Waals surface area contributed by atoms with Crippen LogP contribution in [0.5, 0.6) is 0 Å². The standard InChI is InChI=1S/C10H23OP/c1-9(2,3)7(8(11)12)10(4,5)6/h7-8,11H,12H2,1-6H3. The van der Waals surface area contributed by atoms with E-state index in [-0.39, 0.29) is 16.7 Å². The summed E-state index contributed by atoms with van der Waals surface area (Å²) in [5.74, 6) is -0.0139. The SMILES string of the molecule is CC(C)(C)C(C(O)P)C(C)(C)C. The molecule has 2 unspecified atom stereocenters. The van der Waals surface area contributed by atoms with Gasteiger partial charge in [-0.1, -0.05) is 41.5 Å². The summed E-state index contributed by atoms with van der Waals surface area (Å²) < 4.78 is 0. The summed E-state index contributed by atoms with van der Waals surface area (Å²) in [5.41, 5.74) is 0.304. The zero-order valence-electron chi connectivity index (χ0n) is 9.18. The highest BCUT2D eigenvalue weighted by atomic mass is 31.0. The van der Waals surface area contributed by atoms with Gasteiger partial charge in [0.2, 0.25) is 0 Å². The van der Waals surface area contributed by atoms with Crippen LogP contribution in [0.15, 0.2) is 0 Å². The van der Waals surface area contributed by atoms with E-state index in [0.717, 1.165) is 0 Å². The Morgan fingerprint density at radius 2 is 1.17 bits per heavy atom. The fourth-order valence-corrected chi connectivity index (χ4v) is 3.48. The number of hydrogen-bond donors (Lipinski definition) is 1. The van der Waals surface area contributed by atoms with Crippen LogP contribution >= 0.6 is 9.24 Å². The lowest BCUT2D eigenvalue weighted by Gasteiger charge is -2.42. The molecule has 74 valence electrons. The highest BCUT2D eigenvalue weighted by Crippen LogP contribution is 2.43. The van der Waals surface area contributed by atoms with Crippen molar-refractivity contribution in [2.75, 3.05) is 0 Å². The molecule has 0 aromatic rings. The predicted molar refractivity (Wildman–Crippen MR) is 58.1 cm³/mol. The lowest BCUT2D eigenvalue weighted by molar-refractivity contribution is 0.0210. The van der Waals surface area contributed by atoms with E-state index in [9.17, 15) is 5.11 Å². The molecule has 12 heavy (non-hydrogen) atoms. The second-order valence-corrected chi connectivity index (χ2v) is 6.38. The first-order chi connectivity index (χ1) is 5.07. The van der Waals surface area contributed by atoms with Crippen LogP contribution in [0.3, 0.4) is 0 Å². The summed E-state index contributed by atoms with van der Waals surface area (Å²) >= 11 is 0. The van der Waals surface area contributed by atoms with E-state index in [1.165, 1.54) is 0 Å². The van der Waals surface area contributed by atoms with Crippen LogP contribution in [0.1, 0.15) is 41.5 Å². The third-order valence-corrected chi connectivity index (χ3v) is 2.59. The van der Waals surface area contributed by atoms with Crippen LogP contribution in [0, 0.1) is 16.7 Å². The van der Waals surface area contributed by atoms with Crippen LogP contribution in [0.25, 0.3) is 0 Å². The smallest absolute Gasteiger partial charge is 0.0711 e. The van der Waals surface area contributed by atoms with Gasteiger partial charge < -0.3 is 5.11 Å². The summed E-state index contributed by atoms with van der Waals surface area (Å²) in [7, 11) is 2.50. The maximum Gasteiger partial charge on any atom is 0.0711 e. The zero-order chi connectivity index (χ0) is 10.2. The lowest BCUT2D eigenvalue weighted by Crippen LogP contribution is -2.38. The van der Waals surface area contributed by atoms with Gasteiger partial charge in [-0.3, -0.25) is 0 Å². The second kappa shape index (κ2) is 3.64. The first-order valence-corrected chi connectivity index (χ1v) is 5.17. The monoisotopic (exact) mass is 190 g/mol. The van der Waals surface area contributed by atoms with Gasteiger partial charge in [0.1, 0.15) is 0 Å². The third kappa shape index (κ3) is 3.41. The van der Waals surface area contributed by atoms with Crippen molar-refractivity contribution in [2.45, 2.75) is 47.4 Å². The maximum atomic E-state index is 9.65. The number of aliphatic hydroxyl groups excluding tert-OH is 1. The Bertz CT molecular complexity index is 125. The highest BCUT2D eigenvalue weighted by molar-refractivity contribution is 7.17. The predicted octanol–water partition coefficient (Wildman–Crippen LogP) is 2.89. The van der Waals surface area contributed by atoms with E-state index in [4.69, 9.17) is 0 Å². The average Bonchev–Trinajstić information content (AvgIpc) is 1.49. The summed E-state index contributed by atoms with van der Waals surface area (Å²) in [6.07, 6.45) is 0. The van der Waals surface area contributed by atoms with Crippen LogP contribution in [0.4, 0.5) is 0 Å². The van der Waals surface area contributed by atoms with E-state index in [2.05, 4.69) is 50.8 Å². The normalized spacial score (nSPS) is 16.8. The van der Waals surface area contributed by atoms with Crippen molar-refractivity contribution in [1.29, 1.82) is 0 Å². The van der Waals surface area contributed by atoms with E-state index in [1.54, 1.807) is 0 Å². The number of aliphatic hydroxyl groups is 1. The molecular weight excluding hydrogens is 167 g/mol. The topological polar surface area (TPSA) is 20.2 Å². The molecule has 0 rings (SSSR count). The van der Waals surface area contributed by atoms with E-state index in [1.807, 2.05) is 0 Å². The van der Waals surface area contributed by atoms with Crippen molar-refractivity contribution >= 4 is 9.24 Å². The minimum absolute atomic E-state index is 0.152. The molecule has 0 amide bonds. The summed E-state index contributed by atoms with van der Waals surface area (Å²) in [5, 5.41) is 9.65. The molecule has 1 nitrogen and oxygen atoms in total. The highest BCUT2D eigenvalue weighted by Gasteiger charge is 2.37. The summed E-state index contributed by atoms with van der Waals surface area (Å²) in [6.45, 7) is 13.1. The average molecular weight is 190 g/mol. The Labute approximate surface area is 79.1 Å². The third-order valence-electron chi connectivity index (χ3n) is 2.21. The molecule has 0 aromatic heterocycles. The fraction of sp³-hybridized carbons (Fsp3) is 1.00. The number of hydrogen-bond acceptors (Lipinski definition) is 1. The molecule has 0 bridgehead atoms. The molecule has 2 heteroatoms. The zero-order valence-corrected chi connectivity index (χ0v) is 10.3. The Morgan fingerprint density at radius 1 is 0.917 bits per heavy atom. The summed E-state index contributed by atoms with van der Waals surface area (Å²) in [4.78, 5) is 0. The van der Waals surface area contributed by atoms with Crippen molar-refractivity contribution in [3.63, 3.8) is 0 Å². The summed E-state index contributed by atoms with van der Waals surface area (Å²) in [6, 6.07) is 0. The van der Waals surface area contributed by atoms with Gasteiger partial charge in [0.05, 0.1) is 5.85 Å². The Balaban J connectivity index is 4.70. The van der Waals surface area contributed by atoms with Gasteiger partial charge >= 0.3 is 0 Å². The molecule has 0 heterocycles. The Hall–Kier alpha value is 0.390. The van der Waals surface area contributed by atoms with Crippen LogP contribution < -0.4 is 0 Å². The molecule has 0 aliphatic rings. The van der Waals surface area contributed by atoms with E-state index >= 15 is 0 Å². The van der Waals surface area contributed by atoms with Crippen LogP contribution in [0.2, 0.25) is 0 Å². The molecule has 0 fully saturated rings. The number of rotatable bonds is 1. The van der Waals surface area contributed by atoms with E-state index in [0.29, 0.717) is 5.92 Å². The minimum Gasteiger partial charge on any atom is -0.389 e. The van der Waals surface area contributed by atoms with Crippen LogP contribution in [-0.4, -0.2) is 11.0 Å². The van der Waals surface area contributed by atoms with Gasteiger partial charge in [-0.15, -0.1) is 9.24 Å². The molecule has 2 atom stereocenters. The van der Waals surface area contributed by atoms with Gasteiger partial charge in [-0.05, 0) is 16.7 Å². The maximum absolute atomic E-state index is 9.65. The van der Waals surface area contributed by atoms with E-state index < -0.39 is 0 Å². The van der Waals surface area contributed by atoms with Crippen molar-refractivity contribution in [2.24, 2.45) is 16.7 Å². The first-order valence-electron chi connectivity index (χ1n) is 4.50. The molecule has 0 saturated carbocycles. The molecule has 0 saturated heterocycles. The molecule has 1 N–H and O–H groups in total. The molecule has 0 aliphatic carbocycles. The van der Waals surface area contributed by atoms with Gasteiger partial charge in [0.25, 0.3) is 0 Å². The van der Waals surface area contributed by atoms with Crippen molar-refractivity contribution in [3.8, 4) is 0 Å². The Kier molecular flexibility index (Phi) is 3.75. The molecule has 0 aliphatic heterocycles. The molecule has 0 aromatic carbocycles. The van der Waals surface area contributed by atoms with Gasteiger partial charge in [-0.25, -0.2) is 0 Å². The van der Waals surface area contributed by atoms with Gasteiger partial charge in [0.15, 0.2) is 0 Å². The lowest BCUT2D eigenvalue weighted by atomic mass is 9.67. The van der Waals surface area contributed by atoms with Crippen molar-refractivity contribution in [1.82, 2.24) is 0 Å². The van der Waals surface area contributed by atoms with Crippen molar-refractivity contribution < 1.29 is 5.11 Å². The molecular formula is C10H23OP. The van der Waals surface area contributed by atoms with Gasteiger partial charge in [-0.2, -0.15) is 0 Å². The molecule has 0 radical (unpaired) electrons. The van der Waals surface area contributed by atoms with Crippen molar-refractivity contribution in [3.05, 3.63) is 0 Å². The molecule has 0 spiro atoms. The second-order valence-electron chi connectivity index (χ2n) is 5.70. The first kappa shape index (κ1) is 12.4.